The summed E-state index contributed by atoms with van der Waals surface area (Å²) < 4.78 is 8.22. The first-order valence-corrected chi connectivity index (χ1v) is 6.52. The van der Waals surface area contributed by atoms with Crippen LogP contribution in [0.5, 0.6) is 0 Å². The maximum absolute atomic E-state index is 5.64. The van der Waals surface area contributed by atoms with Crippen LogP contribution in [0.15, 0.2) is 10.7 Å². The van der Waals surface area contributed by atoms with Gasteiger partial charge in [-0.3, -0.25) is 16.0 Å². The Morgan fingerprint density at radius 1 is 1.53 bits per heavy atom. The molecule has 0 aliphatic heterocycles. The Morgan fingerprint density at radius 3 is 2.65 bits per heavy atom. The molecule has 1 heterocycles. The minimum absolute atomic E-state index is 0.0178. The molecule has 0 aliphatic rings. The van der Waals surface area contributed by atoms with Crippen molar-refractivity contribution in [2.45, 2.75) is 45.4 Å². The highest BCUT2D eigenvalue weighted by atomic mass is 79.9. The van der Waals surface area contributed by atoms with Gasteiger partial charge in [-0.05, 0) is 43.1 Å². The van der Waals surface area contributed by atoms with E-state index in [1.54, 1.807) is 13.3 Å². The predicted molar refractivity (Wildman–Crippen MR) is 71.5 cm³/mol. The van der Waals surface area contributed by atoms with Gasteiger partial charge in [0.15, 0.2) is 0 Å². The van der Waals surface area contributed by atoms with Gasteiger partial charge in [-0.15, -0.1) is 0 Å². The summed E-state index contributed by atoms with van der Waals surface area (Å²) in [5.41, 5.74) is 3.90. The molecule has 0 saturated heterocycles. The van der Waals surface area contributed by atoms with Crippen LogP contribution in [-0.2, 0) is 4.74 Å². The molecule has 2 atom stereocenters. The fourth-order valence-corrected chi connectivity index (χ4v) is 2.32. The number of aromatic nitrogens is 2. The molecule has 6 heteroatoms. The average Bonchev–Trinajstić information content (AvgIpc) is 2.67. The van der Waals surface area contributed by atoms with Gasteiger partial charge in [0.25, 0.3) is 0 Å². The van der Waals surface area contributed by atoms with E-state index in [1.165, 1.54) is 0 Å². The summed E-state index contributed by atoms with van der Waals surface area (Å²) in [6.07, 6.45) is 2.74. The van der Waals surface area contributed by atoms with Crippen molar-refractivity contribution < 1.29 is 4.74 Å². The summed E-state index contributed by atoms with van der Waals surface area (Å²) in [4.78, 5) is 0. The lowest BCUT2D eigenvalue weighted by molar-refractivity contribution is 0.0990. The van der Waals surface area contributed by atoms with E-state index in [-0.39, 0.29) is 12.1 Å². The van der Waals surface area contributed by atoms with E-state index in [0.717, 1.165) is 16.6 Å². The van der Waals surface area contributed by atoms with Crippen LogP contribution in [-0.4, -0.2) is 23.0 Å². The summed E-state index contributed by atoms with van der Waals surface area (Å²) in [6, 6.07) is 0.314. The molecule has 0 aliphatic carbocycles. The number of hydrazine groups is 1. The molecule has 0 aromatic carbocycles. The molecule has 2 unspecified atom stereocenters. The molecule has 98 valence electrons. The number of nitrogens with one attached hydrogen (secondary N) is 1. The Balaban J connectivity index is 2.98. The number of methoxy groups -OCH3 is 1. The zero-order valence-electron chi connectivity index (χ0n) is 10.8. The van der Waals surface area contributed by atoms with Gasteiger partial charge >= 0.3 is 0 Å². The minimum atomic E-state index is 0.0178. The molecule has 0 amide bonds. The van der Waals surface area contributed by atoms with E-state index in [1.807, 2.05) is 11.6 Å². The van der Waals surface area contributed by atoms with Crippen LogP contribution in [0, 0.1) is 0 Å². The summed E-state index contributed by atoms with van der Waals surface area (Å²) in [7, 11) is 1.70. The van der Waals surface area contributed by atoms with Gasteiger partial charge in [-0.2, -0.15) is 5.10 Å². The fraction of sp³-hybridized carbons (Fsp3) is 0.727. The second kappa shape index (κ2) is 6.49. The molecule has 5 nitrogen and oxygen atoms in total. The molecule has 0 bridgehead atoms. The van der Waals surface area contributed by atoms with Crippen LogP contribution in [0.25, 0.3) is 0 Å². The molecule has 0 saturated carbocycles. The Morgan fingerprint density at radius 2 is 2.18 bits per heavy atom. The first-order chi connectivity index (χ1) is 8.01. The maximum Gasteiger partial charge on any atom is 0.0713 e. The molecule has 3 N–H and O–H groups in total. The molecule has 0 fully saturated rings. The third kappa shape index (κ3) is 3.51. The lowest BCUT2D eigenvalue weighted by Gasteiger charge is -2.22. The molecule has 17 heavy (non-hydrogen) atoms. The number of rotatable bonds is 6. The molecule has 1 aromatic heterocycles. The highest BCUT2D eigenvalue weighted by Crippen LogP contribution is 2.28. The maximum atomic E-state index is 5.64. The van der Waals surface area contributed by atoms with Crippen molar-refractivity contribution >= 4 is 15.9 Å². The van der Waals surface area contributed by atoms with Crippen molar-refractivity contribution in [1.82, 2.24) is 15.2 Å². The van der Waals surface area contributed by atoms with Crippen LogP contribution < -0.4 is 11.3 Å². The number of ether oxygens (including phenoxy) is 1. The first kappa shape index (κ1) is 14.6. The van der Waals surface area contributed by atoms with Crippen LogP contribution >= 0.6 is 15.9 Å². The van der Waals surface area contributed by atoms with Crippen molar-refractivity contribution in [1.29, 1.82) is 0 Å². The van der Waals surface area contributed by atoms with E-state index in [0.29, 0.717) is 6.04 Å². The van der Waals surface area contributed by atoms with E-state index in [9.17, 15) is 0 Å². The van der Waals surface area contributed by atoms with E-state index < -0.39 is 0 Å². The van der Waals surface area contributed by atoms with Gasteiger partial charge in [-0.1, -0.05) is 0 Å². The largest absolute Gasteiger partial charge is 0.382 e. The van der Waals surface area contributed by atoms with Crippen LogP contribution in [0.3, 0.4) is 0 Å². The third-order valence-electron chi connectivity index (χ3n) is 2.78. The number of hydrogen-bond acceptors (Lipinski definition) is 4. The van der Waals surface area contributed by atoms with Gasteiger partial charge in [0, 0.05) is 13.2 Å². The van der Waals surface area contributed by atoms with Gasteiger partial charge in [0.05, 0.1) is 28.5 Å². The van der Waals surface area contributed by atoms with Gasteiger partial charge < -0.3 is 4.74 Å². The number of hydrogen-bond donors (Lipinski definition) is 2. The smallest absolute Gasteiger partial charge is 0.0713 e. The Bertz CT molecular complexity index is 353. The van der Waals surface area contributed by atoms with E-state index in [4.69, 9.17) is 10.6 Å². The topological polar surface area (TPSA) is 65.1 Å². The molecular formula is C11H21BrN4O. The molecule has 0 radical (unpaired) electrons. The van der Waals surface area contributed by atoms with Crippen molar-refractivity contribution in [3.63, 3.8) is 0 Å². The minimum Gasteiger partial charge on any atom is -0.382 e. The molecular weight excluding hydrogens is 284 g/mol. The predicted octanol–water partition coefficient (Wildman–Crippen LogP) is 2.16. The zero-order chi connectivity index (χ0) is 13.0. The lowest BCUT2D eigenvalue weighted by Crippen LogP contribution is -2.33. The third-order valence-corrected chi connectivity index (χ3v) is 3.39. The Hall–Kier alpha value is -0.430. The van der Waals surface area contributed by atoms with Crippen molar-refractivity contribution in [2.24, 2.45) is 5.84 Å². The number of halogens is 1. The van der Waals surface area contributed by atoms with Crippen molar-refractivity contribution in [3.8, 4) is 0 Å². The van der Waals surface area contributed by atoms with Gasteiger partial charge in [-0.25, -0.2) is 0 Å². The van der Waals surface area contributed by atoms with Crippen LogP contribution in [0.1, 0.15) is 45.0 Å². The average molecular weight is 305 g/mol. The molecule has 1 aromatic rings. The number of nitrogens with zero attached hydrogens (tertiary/aromatic N) is 2. The molecule has 1 rings (SSSR count). The summed E-state index contributed by atoms with van der Waals surface area (Å²) in [6.45, 7) is 6.21. The summed E-state index contributed by atoms with van der Waals surface area (Å²) in [5, 5.41) is 4.35. The van der Waals surface area contributed by atoms with Gasteiger partial charge in [0.1, 0.15) is 0 Å². The van der Waals surface area contributed by atoms with E-state index >= 15 is 0 Å². The summed E-state index contributed by atoms with van der Waals surface area (Å²) in [5.74, 6) is 5.64. The zero-order valence-corrected chi connectivity index (χ0v) is 12.4. The quantitative estimate of drug-likeness (QED) is 0.624. The SMILES string of the molecule is COC(C)CC(NN)c1c(Br)cnn1C(C)C. The van der Waals surface area contributed by atoms with Crippen LogP contribution in [0.2, 0.25) is 0 Å². The van der Waals surface area contributed by atoms with Crippen molar-refractivity contribution in [2.75, 3.05) is 7.11 Å². The second-order valence-corrected chi connectivity index (χ2v) is 5.27. The normalized spacial score (nSPS) is 15.2. The fourth-order valence-electron chi connectivity index (χ4n) is 1.78. The number of nitrogens with two attached hydrogens (primary N) is 1. The Labute approximate surface area is 111 Å². The second-order valence-electron chi connectivity index (χ2n) is 4.42. The lowest BCUT2D eigenvalue weighted by atomic mass is 10.1. The highest BCUT2D eigenvalue weighted by molar-refractivity contribution is 9.10. The van der Waals surface area contributed by atoms with Crippen LogP contribution in [0.4, 0.5) is 0 Å². The van der Waals surface area contributed by atoms with Crippen molar-refractivity contribution in [3.05, 3.63) is 16.4 Å². The summed E-state index contributed by atoms with van der Waals surface area (Å²) >= 11 is 3.52. The Kier molecular flexibility index (Phi) is 5.58. The van der Waals surface area contributed by atoms with Gasteiger partial charge in [0.2, 0.25) is 0 Å². The monoisotopic (exact) mass is 304 g/mol. The standard InChI is InChI=1S/C11H21BrN4O/c1-7(2)16-11(9(12)6-14-16)10(15-13)5-8(3)17-4/h6-8,10,15H,5,13H2,1-4H3. The molecule has 0 spiro atoms. The highest BCUT2D eigenvalue weighted by Gasteiger charge is 2.22. The van der Waals surface area contributed by atoms with E-state index in [2.05, 4.69) is 40.3 Å². The first-order valence-electron chi connectivity index (χ1n) is 5.73.